The quantitative estimate of drug-likeness (QED) is 0.682. The van der Waals surface area contributed by atoms with Gasteiger partial charge in [0.1, 0.15) is 11.5 Å². The molecule has 2 saturated heterocycles. The Hall–Kier alpha value is -0.580. The van der Waals surface area contributed by atoms with Crippen LogP contribution in [0.2, 0.25) is 0 Å². The third-order valence-electron chi connectivity index (χ3n) is 5.50. The summed E-state index contributed by atoms with van der Waals surface area (Å²) in [6, 6.07) is 0. The van der Waals surface area contributed by atoms with E-state index in [2.05, 4.69) is 0 Å². The highest BCUT2D eigenvalue weighted by Crippen LogP contribution is 2.48. The lowest BCUT2D eigenvalue weighted by Gasteiger charge is -2.43. The lowest BCUT2D eigenvalue weighted by atomic mass is 9.82. The van der Waals surface area contributed by atoms with Gasteiger partial charge in [-0.1, -0.05) is 0 Å². The average Bonchev–Trinajstić information content (AvgIpc) is 3.33. The second-order valence-electron chi connectivity index (χ2n) is 6.70. The van der Waals surface area contributed by atoms with Crippen LogP contribution in [0.4, 0.5) is 0 Å². The molecule has 0 bridgehead atoms. The number of hydrogen-bond acceptors (Lipinski definition) is 4. The second kappa shape index (κ2) is 3.74. The van der Waals surface area contributed by atoms with Crippen molar-refractivity contribution in [3.05, 3.63) is 11.5 Å². The Balaban J connectivity index is 1.22. The Morgan fingerprint density at radius 2 is 1.84 bits per heavy atom. The van der Waals surface area contributed by atoms with Gasteiger partial charge in [0.2, 0.25) is 0 Å². The highest BCUT2D eigenvalue weighted by molar-refractivity contribution is 5.21. The van der Waals surface area contributed by atoms with Crippen molar-refractivity contribution < 1.29 is 18.9 Å². The lowest BCUT2D eigenvalue weighted by molar-refractivity contribution is -0.298. The maximum Gasteiger partial charge on any atom is 0.170 e. The Labute approximate surface area is 113 Å². The monoisotopic (exact) mass is 264 g/mol. The van der Waals surface area contributed by atoms with E-state index < -0.39 is 0 Å². The summed E-state index contributed by atoms with van der Waals surface area (Å²) in [6.07, 6.45) is 7.42. The molecular weight excluding hydrogens is 244 g/mol. The first-order valence-electron chi connectivity index (χ1n) is 7.65. The van der Waals surface area contributed by atoms with Gasteiger partial charge in [-0.25, -0.2) is 0 Å². The normalized spacial score (nSPS) is 51.4. The Morgan fingerprint density at radius 1 is 0.947 bits per heavy atom. The van der Waals surface area contributed by atoms with Crippen molar-refractivity contribution in [3.8, 4) is 0 Å². The minimum Gasteiger partial charge on any atom is -0.459 e. The molecule has 3 unspecified atom stereocenters. The van der Waals surface area contributed by atoms with E-state index >= 15 is 0 Å². The van der Waals surface area contributed by atoms with E-state index in [0.29, 0.717) is 24.0 Å². The number of allylic oxidation sites excluding steroid dienone is 2. The van der Waals surface area contributed by atoms with E-state index in [1.165, 1.54) is 17.9 Å². The van der Waals surface area contributed by atoms with Gasteiger partial charge in [0.15, 0.2) is 5.79 Å². The molecule has 3 aliphatic heterocycles. The first-order chi connectivity index (χ1) is 9.31. The predicted octanol–water partition coefficient (Wildman–Crippen LogP) is 2.34. The van der Waals surface area contributed by atoms with Crippen molar-refractivity contribution in [1.29, 1.82) is 0 Å². The zero-order valence-corrected chi connectivity index (χ0v) is 11.1. The van der Waals surface area contributed by atoms with Crippen molar-refractivity contribution >= 4 is 0 Å². The Bertz CT molecular complexity index is 435. The van der Waals surface area contributed by atoms with E-state index in [1.54, 1.807) is 0 Å². The van der Waals surface area contributed by atoms with Gasteiger partial charge in [-0.2, -0.15) is 0 Å². The molecule has 2 aliphatic carbocycles. The van der Waals surface area contributed by atoms with Gasteiger partial charge >= 0.3 is 0 Å². The van der Waals surface area contributed by atoms with Crippen molar-refractivity contribution in [2.75, 3.05) is 13.2 Å². The Kier molecular flexibility index (Phi) is 2.19. The van der Waals surface area contributed by atoms with Gasteiger partial charge in [-0.15, -0.1) is 0 Å². The van der Waals surface area contributed by atoms with Crippen LogP contribution in [0.25, 0.3) is 0 Å². The zero-order chi connectivity index (χ0) is 12.4. The van der Waals surface area contributed by atoms with Gasteiger partial charge in [0.25, 0.3) is 0 Å². The summed E-state index contributed by atoms with van der Waals surface area (Å²) < 4.78 is 23.4. The van der Waals surface area contributed by atoms with Crippen LogP contribution < -0.4 is 0 Å². The van der Waals surface area contributed by atoms with E-state index in [4.69, 9.17) is 18.9 Å². The fraction of sp³-hybridized carbons (Fsp3) is 0.867. The minimum atomic E-state index is -0.316. The molecule has 0 aromatic heterocycles. The Morgan fingerprint density at radius 3 is 2.63 bits per heavy atom. The number of ether oxygens (including phenoxy) is 4. The van der Waals surface area contributed by atoms with Gasteiger partial charge in [0.05, 0.1) is 25.4 Å². The summed E-state index contributed by atoms with van der Waals surface area (Å²) in [7, 11) is 0. The third-order valence-corrected chi connectivity index (χ3v) is 5.50. The molecule has 0 N–H and O–H groups in total. The van der Waals surface area contributed by atoms with E-state index in [1.807, 2.05) is 0 Å². The van der Waals surface area contributed by atoms with Crippen LogP contribution in [-0.2, 0) is 18.9 Å². The molecule has 0 radical (unpaired) electrons. The summed E-state index contributed by atoms with van der Waals surface area (Å²) in [6.45, 7) is 1.70. The lowest BCUT2D eigenvalue weighted by Crippen LogP contribution is -2.48. The van der Waals surface area contributed by atoms with Crippen molar-refractivity contribution in [2.45, 2.75) is 56.5 Å². The fourth-order valence-corrected chi connectivity index (χ4v) is 4.05. The standard InChI is InChI=1S/C15H20O4/c1-2-11-13(18-11)5-9(1)10-7-16-15(17-8-10)4-3-12-14(6-15)19-12/h9-10,12,14H,1-8H2. The van der Waals surface area contributed by atoms with Crippen LogP contribution in [0, 0.1) is 11.8 Å². The molecule has 19 heavy (non-hydrogen) atoms. The molecule has 4 nitrogen and oxygen atoms in total. The van der Waals surface area contributed by atoms with Crippen LogP contribution in [0.15, 0.2) is 11.5 Å². The fourth-order valence-electron chi connectivity index (χ4n) is 4.05. The second-order valence-corrected chi connectivity index (χ2v) is 6.70. The topological polar surface area (TPSA) is 43.5 Å². The molecule has 3 fully saturated rings. The number of epoxide rings is 1. The number of hydrogen-bond donors (Lipinski definition) is 0. The van der Waals surface area contributed by atoms with Gasteiger partial charge in [-0.3, -0.25) is 0 Å². The van der Waals surface area contributed by atoms with E-state index in [0.717, 1.165) is 45.3 Å². The maximum absolute atomic E-state index is 6.16. The van der Waals surface area contributed by atoms with Crippen molar-refractivity contribution in [3.63, 3.8) is 0 Å². The van der Waals surface area contributed by atoms with Crippen LogP contribution >= 0.6 is 0 Å². The van der Waals surface area contributed by atoms with Crippen LogP contribution in [0.1, 0.15) is 38.5 Å². The predicted molar refractivity (Wildman–Crippen MR) is 66.1 cm³/mol. The number of rotatable bonds is 1. The maximum atomic E-state index is 6.16. The highest BCUT2D eigenvalue weighted by atomic mass is 16.7. The van der Waals surface area contributed by atoms with Crippen molar-refractivity contribution in [1.82, 2.24) is 0 Å². The van der Waals surface area contributed by atoms with Crippen LogP contribution in [-0.4, -0.2) is 31.2 Å². The highest BCUT2D eigenvalue weighted by Gasteiger charge is 2.54. The third kappa shape index (κ3) is 1.84. The van der Waals surface area contributed by atoms with Crippen LogP contribution in [0.5, 0.6) is 0 Å². The molecule has 0 amide bonds. The molecule has 104 valence electrons. The molecule has 0 aromatic carbocycles. The summed E-state index contributed by atoms with van der Waals surface area (Å²) >= 11 is 0. The summed E-state index contributed by atoms with van der Waals surface area (Å²) in [5, 5.41) is 0. The molecule has 5 aliphatic rings. The molecule has 3 atom stereocenters. The molecule has 3 heterocycles. The SMILES string of the molecule is C1CC(C2COC3(CCC4OC4C3)OC2)CC2=C1O2. The molecule has 1 spiro atoms. The molecular formula is C15H20O4. The van der Waals surface area contributed by atoms with Crippen LogP contribution in [0.3, 0.4) is 0 Å². The summed E-state index contributed by atoms with van der Waals surface area (Å²) in [5.41, 5.74) is 0. The first-order valence-corrected chi connectivity index (χ1v) is 7.65. The van der Waals surface area contributed by atoms with Crippen molar-refractivity contribution in [2.24, 2.45) is 11.8 Å². The van der Waals surface area contributed by atoms with Gasteiger partial charge in [0, 0.05) is 31.6 Å². The summed E-state index contributed by atoms with van der Waals surface area (Å²) in [4.78, 5) is 0. The zero-order valence-electron chi connectivity index (χ0n) is 11.1. The van der Waals surface area contributed by atoms with Gasteiger partial charge < -0.3 is 18.9 Å². The van der Waals surface area contributed by atoms with E-state index in [-0.39, 0.29) is 5.79 Å². The van der Waals surface area contributed by atoms with Gasteiger partial charge in [-0.05, 0) is 18.8 Å². The molecule has 4 heteroatoms. The summed E-state index contributed by atoms with van der Waals surface area (Å²) in [5.74, 6) is 3.43. The van der Waals surface area contributed by atoms with E-state index in [9.17, 15) is 0 Å². The molecule has 5 rings (SSSR count). The molecule has 1 saturated carbocycles. The molecule has 0 aromatic rings. The largest absolute Gasteiger partial charge is 0.459 e. The minimum absolute atomic E-state index is 0.316. The average molecular weight is 264 g/mol. The smallest absolute Gasteiger partial charge is 0.170 e. The first kappa shape index (κ1) is 11.1. The number of fused-ring (bicyclic) bond motifs is 1.